The molecule has 28 heavy (non-hydrogen) atoms. The van der Waals surface area contributed by atoms with Crippen LogP contribution in [0.5, 0.6) is 0 Å². The molecule has 0 amide bonds. The highest BCUT2D eigenvalue weighted by Gasteiger charge is 2.29. The van der Waals surface area contributed by atoms with E-state index in [1.54, 1.807) is 18.2 Å². The summed E-state index contributed by atoms with van der Waals surface area (Å²) in [6.45, 7) is 1.27. The Balaban J connectivity index is 1.41. The Morgan fingerprint density at radius 1 is 1.25 bits per heavy atom. The summed E-state index contributed by atoms with van der Waals surface area (Å²) in [5.41, 5.74) is 15.9. The molecular weight excluding hydrogens is 362 g/mol. The smallest absolute Gasteiger partial charge is 0.159 e. The molecule has 0 spiro atoms. The average Bonchev–Trinajstić information content (AvgIpc) is 3.08. The number of nitrogens with zero attached hydrogens (tertiary/aromatic N) is 1. The molecule has 0 radical (unpaired) electrons. The maximum atomic E-state index is 13.5. The van der Waals surface area contributed by atoms with E-state index in [1.807, 2.05) is 0 Å². The maximum absolute atomic E-state index is 13.5. The fourth-order valence-corrected chi connectivity index (χ4v) is 3.66. The van der Waals surface area contributed by atoms with Gasteiger partial charge in [0.05, 0.1) is 18.4 Å². The van der Waals surface area contributed by atoms with Crippen molar-refractivity contribution < 1.29 is 13.5 Å². The average molecular weight is 386 g/mol. The molecule has 2 aromatic rings. The second kappa shape index (κ2) is 9.11. The highest BCUT2D eigenvalue weighted by Crippen LogP contribution is 2.36. The van der Waals surface area contributed by atoms with Crippen molar-refractivity contribution in [2.24, 2.45) is 5.73 Å². The number of aryl methyl sites for hydroxylation is 1. The molecule has 0 aromatic heterocycles. The van der Waals surface area contributed by atoms with Crippen LogP contribution in [0.2, 0.25) is 0 Å². The van der Waals surface area contributed by atoms with Crippen molar-refractivity contribution >= 4 is 5.69 Å². The molecule has 0 saturated carbocycles. The van der Waals surface area contributed by atoms with Gasteiger partial charge in [-0.2, -0.15) is 5.26 Å². The van der Waals surface area contributed by atoms with Crippen LogP contribution in [0.25, 0.3) is 0 Å². The molecule has 0 aliphatic heterocycles. The summed E-state index contributed by atoms with van der Waals surface area (Å²) in [7, 11) is 0. The monoisotopic (exact) mass is 386 g/mol. The third kappa shape index (κ3) is 4.65. The van der Waals surface area contributed by atoms with E-state index in [2.05, 4.69) is 11.4 Å². The van der Waals surface area contributed by atoms with Gasteiger partial charge in [0.15, 0.2) is 11.6 Å². The minimum Gasteiger partial charge on any atom is -0.398 e. The Kier molecular flexibility index (Phi) is 6.57. The Bertz CT molecular complexity index is 881. The van der Waals surface area contributed by atoms with Crippen molar-refractivity contribution in [3.8, 4) is 6.07 Å². The first-order valence-electron chi connectivity index (χ1n) is 9.30. The van der Waals surface area contributed by atoms with Crippen molar-refractivity contribution in [1.82, 2.24) is 5.32 Å². The second-order valence-electron chi connectivity index (χ2n) is 7.07. The van der Waals surface area contributed by atoms with Gasteiger partial charge < -0.3 is 16.2 Å². The first kappa shape index (κ1) is 20.2. The van der Waals surface area contributed by atoms with Gasteiger partial charge in [-0.3, -0.25) is 5.32 Å². The fraction of sp³-hybridized carbons (Fsp3) is 0.381. The Morgan fingerprint density at radius 3 is 2.82 bits per heavy atom. The van der Waals surface area contributed by atoms with Crippen LogP contribution >= 0.6 is 0 Å². The molecule has 2 atom stereocenters. The summed E-state index contributed by atoms with van der Waals surface area (Å²) in [5.74, 6) is -1.60. The maximum Gasteiger partial charge on any atom is 0.159 e. The van der Waals surface area contributed by atoms with Gasteiger partial charge in [-0.1, -0.05) is 0 Å². The number of hydrogen-bond donors (Lipinski definition) is 3. The predicted molar refractivity (Wildman–Crippen MR) is 103 cm³/mol. The zero-order chi connectivity index (χ0) is 20.1. The zero-order valence-electron chi connectivity index (χ0n) is 15.6. The van der Waals surface area contributed by atoms with Crippen LogP contribution in [-0.4, -0.2) is 19.4 Å². The van der Waals surface area contributed by atoms with Gasteiger partial charge in [0.25, 0.3) is 0 Å². The number of nitrogen functional groups attached to an aromatic ring is 1. The Hall–Kier alpha value is -2.53. The lowest BCUT2D eigenvalue weighted by Crippen LogP contribution is -2.29. The summed E-state index contributed by atoms with van der Waals surface area (Å²) in [6.07, 6.45) is 2.14. The number of halogens is 2. The van der Waals surface area contributed by atoms with Crippen molar-refractivity contribution in [2.45, 2.75) is 37.8 Å². The van der Waals surface area contributed by atoms with Gasteiger partial charge in [0.2, 0.25) is 0 Å². The van der Waals surface area contributed by atoms with Crippen molar-refractivity contribution in [3.63, 3.8) is 0 Å². The van der Waals surface area contributed by atoms with Crippen LogP contribution in [0, 0.1) is 23.0 Å². The number of nitrogens with two attached hydrogens (primary N) is 2. The van der Waals surface area contributed by atoms with E-state index < -0.39 is 11.6 Å². The van der Waals surface area contributed by atoms with Gasteiger partial charge >= 0.3 is 0 Å². The summed E-state index contributed by atoms with van der Waals surface area (Å²) < 4.78 is 32.5. The van der Waals surface area contributed by atoms with E-state index in [-0.39, 0.29) is 12.0 Å². The highest BCUT2D eigenvalue weighted by molar-refractivity contribution is 5.51. The molecular formula is C21H24F2N4O. The molecule has 2 aromatic carbocycles. The molecule has 1 aliphatic rings. The second-order valence-corrected chi connectivity index (χ2v) is 7.07. The minimum atomic E-state index is -0.821. The molecule has 0 bridgehead atoms. The first-order chi connectivity index (χ1) is 13.5. The minimum absolute atomic E-state index is 0.0233. The quantitative estimate of drug-likeness (QED) is 0.368. The van der Waals surface area contributed by atoms with E-state index in [4.69, 9.17) is 21.5 Å². The number of rotatable bonds is 8. The Morgan fingerprint density at radius 2 is 2.04 bits per heavy atom. The fourth-order valence-electron chi connectivity index (χ4n) is 3.66. The predicted octanol–water partition coefficient (Wildman–Crippen LogP) is 2.93. The van der Waals surface area contributed by atoms with Gasteiger partial charge in [0, 0.05) is 24.9 Å². The number of nitrogens with one attached hydrogen (secondary N) is 1. The zero-order valence-corrected chi connectivity index (χ0v) is 15.6. The molecule has 7 heteroatoms. The highest BCUT2D eigenvalue weighted by atomic mass is 19.2. The van der Waals surface area contributed by atoms with Gasteiger partial charge in [-0.15, -0.1) is 0 Å². The van der Waals surface area contributed by atoms with E-state index in [0.717, 1.165) is 29.5 Å². The van der Waals surface area contributed by atoms with E-state index in [1.165, 1.54) is 12.1 Å². The van der Waals surface area contributed by atoms with Crippen LogP contribution in [-0.2, 0) is 17.7 Å². The van der Waals surface area contributed by atoms with Crippen LogP contribution in [0.3, 0.4) is 0 Å². The topological polar surface area (TPSA) is 97.1 Å². The third-order valence-electron chi connectivity index (χ3n) is 5.21. The van der Waals surface area contributed by atoms with E-state index in [9.17, 15) is 8.78 Å². The number of fused-ring (bicyclic) bond motifs is 1. The van der Waals surface area contributed by atoms with Crippen molar-refractivity contribution in [3.05, 3.63) is 64.2 Å². The van der Waals surface area contributed by atoms with Crippen molar-refractivity contribution in [2.75, 3.05) is 19.1 Å². The van der Waals surface area contributed by atoms with Gasteiger partial charge in [-0.05, 0) is 72.2 Å². The van der Waals surface area contributed by atoms with E-state index in [0.29, 0.717) is 37.6 Å². The molecule has 1 aliphatic carbocycles. The lowest BCUT2D eigenvalue weighted by molar-refractivity contribution is 0.107. The number of nitriles is 1. The lowest BCUT2D eigenvalue weighted by Gasteiger charge is -2.20. The van der Waals surface area contributed by atoms with Crippen LogP contribution < -0.4 is 16.8 Å². The Labute approximate surface area is 163 Å². The number of hydrogen-bond acceptors (Lipinski definition) is 5. The molecule has 0 fully saturated rings. The number of ether oxygens (including phenoxy) is 1. The molecule has 0 heterocycles. The standard InChI is InChI=1S/C21H24F2N4O/c22-18-8-14-2-3-16(17(14)9-19(18)23)21(26)5-6-28-12-27-11-15-7-13(10-24)1-4-20(15)25/h1,4,7-9,16,21,27H,2-3,5-6,11-12,25-26H2. The molecule has 5 N–H and O–H groups in total. The molecule has 0 saturated heterocycles. The normalized spacial score (nSPS) is 16.6. The largest absolute Gasteiger partial charge is 0.398 e. The third-order valence-corrected chi connectivity index (χ3v) is 5.21. The summed E-state index contributed by atoms with van der Waals surface area (Å²) >= 11 is 0. The molecule has 148 valence electrons. The van der Waals surface area contributed by atoms with Crippen LogP contribution in [0.1, 0.15) is 41.0 Å². The van der Waals surface area contributed by atoms with E-state index >= 15 is 0 Å². The summed E-state index contributed by atoms with van der Waals surface area (Å²) in [5, 5.41) is 12.1. The number of benzene rings is 2. The van der Waals surface area contributed by atoms with Crippen molar-refractivity contribution in [1.29, 1.82) is 5.26 Å². The first-order valence-corrected chi connectivity index (χ1v) is 9.30. The summed E-state index contributed by atoms with van der Waals surface area (Å²) in [6, 6.07) is 9.62. The lowest BCUT2D eigenvalue weighted by atomic mass is 9.92. The molecule has 3 rings (SSSR count). The SMILES string of the molecule is N#Cc1ccc(N)c(CNCOCCC(N)C2CCc3cc(F)c(F)cc32)c1. The summed E-state index contributed by atoms with van der Waals surface area (Å²) in [4.78, 5) is 0. The van der Waals surface area contributed by atoms with Crippen LogP contribution in [0.4, 0.5) is 14.5 Å². The number of anilines is 1. The molecule has 2 unspecified atom stereocenters. The van der Waals surface area contributed by atoms with Crippen LogP contribution in [0.15, 0.2) is 30.3 Å². The van der Waals surface area contributed by atoms with Gasteiger partial charge in [-0.25, -0.2) is 8.78 Å². The van der Waals surface area contributed by atoms with Gasteiger partial charge in [0.1, 0.15) is 0 Å². The molecule has 5 nitrogen and oxygen atoms in total.